The lowest BCUT2D eigenvalue weighted by Crippen LogP contribution is -2.35. The number of nitrogens with one attached hydrogen (secondary N) is 1. The van der Waals surface area contributed by atoms with Gasteiger partial charge in [0.1, 0.15) is 5.82 Å². The van der Waals surface area contributed by atoms with Crippen molar-refractivity contribution in [2.24, 2.45) is 0 Å². The molecule has 1 aliphatic rings. The first-order valence-electron chi connectivity index (χ1n) is 11.4. The van der Waals surface area contributed by atoms with E-state index in [1.807, 2.05) is 6.07 Å². The van der Waals surface area contributed by atoms with Gasteiger partial charge in [0.2, 0.25) is 10.0 Å². The lowest BCUT2D eigenvalue weighted by Gasteiger charge is -2.31. The maximum atomic E-state index is 13.4. The molecular weight excluding hydrogens is 477 g/mol. The Morgan fingerprint density at radius 1 is 1.06 bits per heavy atom. The number of sulfonamides is 1. The van der Waals surface area contributed by atoms with Gasteiger partial charge in [0.05, 0.1) is 10.6 Å². The maximum Gasteiger partial charge on any atom is 0.240 e. The first-order valence-corrected chi connectivity index (χ1v) is 13.2. The van der Waals surface area contributed by atoms with Crippen LogP contribution < -0.4 is 4.72 Å². The lowest BCUT2D eigenvalue weighted by atomic mass is 9.91. The SMILES string of the molecule is O=S(=O)(NCCCN1CCC(c2noc3cc(F)ccc23)CC1)c1ccc2ccc(Cl)cc2c1. The molecule has 1 saturated heterocycles. The molecule has 0 radical (unpaired) electrons. The zero-order chi connectivity index (χ0) is 23.7. The van der Waals surface area contributed by atoms with Crippen molar-refractivity contribution in [2.75, 3.05) is 26.2 Å². The van der Waals surface area contributed by atoms with Gasteiger partial charge >= 0.3 is 0 Å². The molecule has 1 N–H and O–H groups in total. The molecular formula is C25H25ClFN3O3S. The second kappa shape index (κ2) is 9.62. The third-order valence-corrected chi connectivity index (χ3v) is 8.16. The van der Waals surface area contributed by atoms with E-state index in [1.165, 1.54) is 12.1 Å². The molecule has 3 aromatic carbocycles. The Bertz CT molecular complexity index is 1430. The fourth-order valence-corrected chi connectivity index (χ4v) is 5.90. The predicted octanol–water partition coefficient (Wildman–Crippen LogP) is 5.32. The van der Waals surface area contributed by atoms with E-state index < -0.39 is 10.0 Å². The number of rotatable bonds is 7. The Hall–Kier alpha value is -2.52. The number of aromatic nitrogens is 1. The van der Waals surface area contributed by atoms with Crippen molar-refractivity contribution in [3.8, 4) is 0 Å². The molecule has 0 bridgehead atoms. The summed E-state index contributed by atoms with van der Waals surface area (Å²) in [4.78, 5) is 2.58. The van der Waals surface area contributed by atoms with Gasteiger partial charge in [-0.2, -0.15) is 0 Å². The van der Waals surface area contributed by atoms with Crippen LogP contribution in [0.4, 0.5) is 4.39 Å². The number of piperidine rings is 1. The number of fused-ring (bicyclic) bond motifs is 2. The second-order valence-corrected chi connectivity index (χ2v) is 10.9. The fraction of sp³-hybridized carbons (Fsp3) is 0.320. The van der Waals surface area contributed by atoms with E-state index in [9.17, 15) is 12.8 Å². The average molecular weight is 502 g/mol. The van der Waals surface area contributed by atoms with Crippen molar-refractivity contribution in [1.82, 2.24) is 14.8 Å². The van der Waals surface area contributed by atoms with Crippen molar-refractivity contribution >= 4 is 43.4 Å². The molecule has 2 heterocycles. The third-order valence-electron chi connectivity index (χ3n) is 6.46. The van der Waals surface area contributed by atoms with Crippen LogP contribution in [0.5, 0.6) is 0 Å². The van der Waals surface area contributed by atoms with Crippen LogP contribution in [-0.4, -0.2) is 44.7 Å². The Morgan fingerprint density at radius 3 is 2.68 bits per heavy atom. The lowest BCUT2D eigenvalue weighted by molar-refractivity contribution is 0.208. The van der Waals surface area contributed by atoms with E-state index in [2.05, 4.69) is 14.8 Å². The molecule has 34 heavy (non-hydrogen) atoms. The Balaban J connectivity index is 1.11. The van der Waals surface area contributed by atoms with Crippen LogP contribution in [0, 0.1) is 5.82 Å². The van der Waals surface area contributed by atoms with E-state index >= 15 is 0 Å². The van der Waals surface area contributed by atoms with Crippen molar-refractivity contribution < 1.29 is 17.3 Å². The molecule has 0 unspecified atom stereocenters. The van der Waals surface area contributed by atoms with Crippen LogP contribution in [0.25, 0.3) is 21.7 Å². The molecule has 5 rings (SSSR count). The standard InChI is InChI=1S/C25H25ClFN3O3S/c26-20-4-2-17-3-6-22(15-19(17)14-20)34(31,32)28-10-1-11-30-12-8-18(9-13-30)25-23-7-5-21(27)16-24(23)33-29-25/h2-7,14-16,18,28H,1,8-13H2. The molecule has 0 atom stereocenters. The fourth-order valence-electron chi connectivity index (χ4n) is 4.61. The smallest absolute Gasteiger partial charge is 0.240 e. The Morgan fingerprint density at radius 2 is 1.85 bits per heavy atom. The van der Waals surface area contributed by atoms with Gasteiger partial charge in [0.25, 0.3) is 0 Å². The molecule has 1 aromatic heterocycles. The van der Waals surface area contributed by atoms with Gasteiger partial charge in [-0.05, 0) is 86.1 Å². The molecule has 4 aromatic rings. The summed E-state index contributed by atoms with van der Waals surface area (Å²) < 4.78 is 46.8. The van der Waals surface area contributed by atoms with Crippen LogP contribution in [0.1, 0.15) is 30.9 Å². The van der Waals surface area contributed by atoms with Crippen molar-refractivity contribution in [1.29, 1.82) is 0 Å². The van der Waals surface area contributed by atoms with Gasteiger partial charge in [0.15, 0.2) is 5.58 Å². The Labute approximate surface area is 202 Å². The average Bonchev–Trinajstić information content (AvgIpc) is 3.24. The summed E-state index contributed by atoms with van der Waals surface area (Å²) in [6.07, 6.45) is 2.59. The summed E-state index contributed by atoms with van der Waals surface area (Å²) in [7, 11) is -3.59. The second-order valence-electron chi connectivity index (χ2n) is 8.73. The largest absolute Gasteiger partial charge is 0.356 e. The number of halogens is 2. The highest BCUT2D eigenvalue weighted by molar-refractivity contribution is 7.89. The minimum absolute atomic E-state index is 0.239. The highest BCUT2D eigenvalue weighted by Gasteiger charge is 2.25. The molecule has 0 amide bonds. The molecule has 0 spiro atoms. The minimum Gasteiger partial charge on any atom is -0.356 e. The van der Waals surface area contributed by atoms with Crippen LogP contribution in [0.15, 0.2) is 64.0 Å². The van der Waals surface area contributed by atoms with Gasteiger partial charge in [0, 0.05) is 28.9 Å². The van der Waals surface area contributed by atoms with Crippen LogP contribution in [0.3, 0.4) is 0 Å². The summed E-state index contributed by atoms with van der Waals surface area (Å²) >= 11 is 6.04. The summed E-state index contributed by atoms with van der Waals surface area (Å²) in [5.74, 6) is -0.0477. The maximum absolute atomic E-state index is 13.4. The molecule has 0 saturated carbocycles. The molecule has 178 valence electrons. The minimum atomic E-state index is -3.59. The molecule has 1 aliphatic heterocycles. The van der Waals surface area contributed by atoms with E-state index in [1.54, 1.807) is 36.4 Å². The van der Waals surface area contributed by atoms with Gasteiger partial charge in [-0.3, -0.25) is 0 Å². The van der Waals surface area contributed by atoms with Gasteiger partial charge < -0.3 is 9.42 Å². The first-order chi connectivity index (χ1) is 16.4. The molecule has 9 heteroatoms. The normalized spacial score (nSPS) is 15.9. The number of hydrogen-bond acceptors (Lipinski definition) is 5. The molecule has 1 fully saturated rings. The topological polar surface area (TPSA) is 75.4 Å². The van der Waals surface area contributed by atoms with Crippen molar-refractivity contribution in [3.05, 3.63) is 71.1 Å². The number of likely N-dealkylation sites (tertiary alicyclic amines) is 1. The Kier molecular flexibility index (Phi) is 6.57. The van der Waals surface area contributed by atoms with Crippen LogP contribution in [-0.2, 0) is 10.0 Å². The van der Waals surface area contributed by atoms with E-state index in [0.717, 1.165) is 60.7 Å². The van der Waals surface area contributed by atoms with Crippen LogP contribution >= 0.6 is 11.6 Å². The molecule has 0 aliphatic carbocycles. The predicted molar refractivity (Wildman–Crippen MR) is 131 cm³/mol. The quantitative estimate of drug-likeness (QED) is 0.347. The third kappa shape index (κ3) is 4.95. The van der Waals surface area contributed by atoms with E-state index in [-0.39, 0.29) is 16.6 Å². The zero-order valence-electron chi connectivity index (χ0n) is 18.5. The highest BCUT2D eigenvalue weighted by atomic mass is 35.5. The van der Waals surface area contributed by atoms with Gasteiger partial charge in [-0.15, -0.1) is 0 Å². The number of benzene rings is 3. The van der Waals surface area contributed by atoms with Gasteiger partial charge in [-0.1, -0.05) is 28.9 Å². The van der Waals surface area contributed by atoms with Crippen molar-refractivity contribution in [2.45, 2.75) is 30.1 Å². The number of nitrogens with zero attached hydrogens (tertiary/aromatic N) is 2. The zero-order valence-corrected chi connectivity index (χ0v) is 20.1. The van der Waals surface area contributed by atoms with Crippen molar-refractivity contribution in [3.63, 3.8) is 0 Å². The summed E-state index contributed by atoms with van der Waals surface area (Å²) in [6.45, 7) is 2.99. The summed E-state index contributed by atoms with van der Waals surface area (Å²) in [5.41, 5.74) is 1.39. The summed E-state index contributed by atoms with van der Waals surface area (Å²) in [6, 6.07) is 15.0. The molecule has 6 nitrogen and oxygen atoms in total. The first kappa shape index (κ1) is 23.2. The van der Waals surface area contributed by atoms with Gasteiger partial charge in [-0.25, -0.2) is 17.5 Å². The summed E-state index contributed by atoms with van der Waals surface area (Å²) in [5, 5.41) is 7.39. The number of hydrogen-bond donors (Lipinski definition) is 1. The van der Waals surface area contributed by atoms with Crippen LogP contribution in [0.2, 0.25) is 5.02 Å². The van der Waals surface area contributed by atoms with E-state index in [4.69, 9.17) is 16.1 Å². The highest BCUT2D eigenvalue weighted by Crippen LogP contribution is 2.32. The van der Waals surface area contributed by atoms with E-state index in [0.29, 0.717) is 17.2 Å². The monoisotopic (exact) mass is 501 g/mol.